The summed E-state index contributed by atoms with van der Waals surface area (Å²) >= 11 is 6.00. The number of methoxy groups -OCH3 is 1. The van der Waals surface area contributed by atoms with Gasteiger partial charge in [0.1, 0.15) is 17.7 Å². The van der Waals surface area contributed by atoms with Crippen LogP contribution in [0, 0.1) is 5.92 Å². The summed E-state index contributed by atoms with van der Waals surface area (Å²) < 4.78 is 51.3. The highest BCUT2D eigenvalue weighted by atomic mass is 35.5. The second-order valence-electron chi connectivity index (χ2n) is 8.61. The first-order valence-corrected chi connectivity index (χ1v) is 11.6. The Morgan fingerprint density at radius 1 is 1.22 bits per heavy atom. The SMILES string of the molecule is COc1ncnc2c1ccn2C1CCC(COc2ccc3cc(Cl)c(NC(=O)C(F)(F)F)nc3c2)C1. The molecule has 2 atom stereocenters. The number of ether oxygens (including phenoxy) is 2. The monoisotopic (exact) mass is 519 g/mol. The van der Waals surface area contributed by atoms with E-state index in [1.54, 1.807) is 30.6 Å². The number of rotatable bonds is 6. The van der Waals surface area contributed by atoms with E-state index in [9.17, 15) is 18.0 Å². The number of aromatic nitrogens is 4. The van der Waals surface area contributed by atoms with Gasteiger partial charge in [-0.15, -0.1) is 0 Å². The number of amides is 1. The third-order valence-corrected chi connectivity index (χ3v) is 6.58. The summed E-state index contributed by atoms with van der Waals surface area (Å²) in [5.74, 6) is -1.12. The lowest BCUT2D eigenvalue weighted by Gasteiger charge is -2.15. The molecular weight excluding hydrogens is 499 g/mol. The number of carbonyl (C=O) groups excluding carboxylic acids is 1. The number of halogens is 4. The van der Waals surface area contributed by atoms with Gasteiger partial charge in [-0.05, 0) is 49.4 Å². The number of hydrogen-bond donors (Lipinski definition) is 1. The van der Waals surface area contributed by atoms with Crippen molar-refractivity contribution in [3.63, 3.8) is 0 Å². The molecule has 1 aliphatic rings. The molecule has 0 aliphatic heterocycles. The molecule has 5 rings (SSSR count). The van der Waals surface area contributed by atoms with E-state index in [4.69, 9.17) is 21.1 Å². The summed E-state index contributed by atoms with van der Waals surface area (Å²) in [7, 11) is 1.58. The summed E-state index contributed by atoms with van der Waals surface area (Å²) in [5.41, 5.74) is 1.19. The van der Waals surface area contributed by atoms with Gasteiger partial charge in [-0.3, -0.25) is 4.79 Å². The fourth-order valence-electron chi connectivity index (χ4n) is 4.55. The number of anilines is 1. The van der Waals surface area contributed by atoms with E-state index in [1.165, 1.54) is 12.4 Å². The largest absolute Gasteiger partial charge is 0.493 e. The third-order valence-electron chi connectivity index (χ3n) is 6.29. The number of carbonyl (C=O) groups is 1. The molecule has 12 heteroatoms. The summed E-state index contributed by atoms with van der Waals surface area (Å²) in [6.45, 7) is 0.477. The Labute approximate surface area is 208 Å². The lowest BCUT2D eigenvalue weighted by Crippen LogP contribution is -2.30. The quantitative estimate of drug-likeness (QED) is 0.358. The normalized spacial score (nSPS) is 18.0. The van der Waals surface area contributed by atoms with Crippen LogP contribution in [0.5, 0.6) is 11.6 Å². The Morgan fingerprint density at radius 2 is 2.06 bits per heavy atom. The lowest BCUT2D eigenvalue weighted by molar-refractivity contribution is -0.167. The number of pyridine rings is 1. The number of nitrogens with one attached hydrogen (secondary N) is 1. The number of nitrogens with zero attached hydrogens (tertiary/aromatic N) is 4. The smallest absolute Gasteiger partial charge is 0.471 e. The van der Waals surface area contributed by atoms with Gasteiger partial charge in [-0.25, -0.2) is 15.0 Å². The Hall–Kier alpha value is -3.60. The van der Waals surface area contributed by atoms with E-state index in [1.807, 2.05) is 12.3 Å². The third kappa shape index (κ3) is 4.75. The van der Waals surface area contributed by atoms with Crippen molar-refractivity contribution >= 4 is 45.3 Å². The van der Waals surface area contributed by atoms with Gasteiger partial charge in [-0.2, -0.15) is 13.2 Å². The second kappa shape index (κ2) is 9.45. The first-order chi connectivity index (χ1) is 17.2. The van der Waals surface area contributed by atoms with Crippen LogP contribution in [0.25, 0.3) is 21.9 Å². The minimum absolute atomic E-state index is 0.0915. The number of benzene rings is 1. The van der Waals surface area contributed by atoms with Crippen LogP contribution >= 0.6 is 11.6 Å². The molecule has 1 amide bonds. The summed E-state index contributed by atoms with van der Waals surface area (Å²) in [5, 5.41) is 3.09. The van der Waals surface area contributed by atoms with Crippen molar-refractivity contribution in [3.8, 4) is 11.6 Å². The Kier molecular flexibility index (Phi) is 6.33. The van der Waals surface area contributed by atoms with Crippen LogP contribution < -0.4 is 14.8 Å². The number of alkyl halides is 3. The van der Waals surface area contributed by atoms with E-state index in [0.29, 0.717) is 35.1 Å². The maximum absolute atomic E-state index is 12.6. The van der Waals surface area contributed by atoms with Gasteiger partial charge in [0, 0.05) is 23.7 Å². The predicted molar refractivity (Wildman–Crippen MR) is 127 cm³/mol. The van der Waals surface area contributed by atoms with Crippen LogP contribution in [-0.2, 0) is 4.79 Å². The molecule has 4 aromatic rings. The molecule has 0 radical (unpaired) electrons. The van der Waals surface area contributed by atoms with Gasteiger partial charge in [0.25, 0.3) is 0 Å². The Balaban J connectivity index is 1.26. The zero-order valence-electron chi connectivity index (χ0n) is 19.1. The fraction of sp³-hybridized carbons (Fsp3) is 0.333. The van der Waals surface area contributed by atoms with Gasteiger partial charge in [0.2, 0.25) is 5.88 Å². The molecule has 1 N–H and O–H groups in total. The molecule has 0 saturated heterocycles. The van der Waals surface area contributed by atoms with Crippen molar-refractivity contribution in [1.82, 2.24) is 19.5 Å². The molecule has 0 spiro atoms. The van der Waals surface area contributed by atoms with Crippen molar-refractivity contribution in [2.24, 2.45) is 5.92 Å². The zero-order chi connectivity index (χ0) is 25.4. The standard InChI is InChI=1S/C24H21ClF3N5O3/c1-35-22-17-6-7-33(21(17)29-12-30-22)15-4-2-13(8-15)11-36-16-5-3-14-9-18(25)20(31-19(14)10-16)32-23(34)24(26,27)28/h3,5-7,9-10,12-13,15H,2,4,8,11H2,1H3,(H,31,32,34). The zero-order valence-corrected chi connectivity index (χ0v) is 19.8. The summed E-state index contributed by atoms with van der Waals surface area (Å²) in [6.07, 6.45) is 1.31. The van der Waals surface area contributed by atoms with Crippen molar-refractivity contribution in [1.29, 1.82) is 0 Å². The van der Waals surface area contributed by atoms with Crippen LogP contribution in [0.4, 0.5) is 19.0 Å². The van der Waals surface area contributed by atoms with Crippen molar-refractivity contribution < 1.29 is 27.4 Å². The molecule has 0 bridgehead atoms. The molecule has 8 nitrogen and oxygen atoms in total. The summed E-state index contributed by atoms with van der Waals surface area (Å²) in [4.78, 5) is 23.9. The minimum Gasteiger partial charge on any atom is -0.493 e. The van der Waals surface area contributed by atoms with E-state index in [0.717, 1.165) is 30.3 Å². The molecule has 1 aliphatic carbocycles. The summed E-state index contributed by atoms with van der Waals surface area (Å²) in [6, 6.07) is 8.76. The number of fused-ring (bicyclic) bond motifs is 2. The first-order valence-electron chi connectivity index (χ1n) is 11.2. The highest BCUT2D eigenvalue weighted by Crippen LogP contribution is 2.38. The minimum atomic E-state index is -5.05. The van der Waals surface area contributed by atoms with Crippen molar-refractivity contribution in [3.05, 3.63) is 47.9 Å². The van der Waals surface area contributed by atoms with Gasteiger partial charge in [0.15, 0.2) is 5.82 Å². The maximum atomic E-state index is 12.6. The van der Waals surface area contributed by atoms with E-state index < -0.39 is 12.1 Å². The van der Waals surface area contributed by atoms with E-state index in [-0.39, 0.29) is 16.9 Å². The Bertz CT molecular complexity index is 1440. The van der Waals surface area contributed by atoms with Crippen molar-refractivity contribution in [2.75, 3.05) is 19.0 Å². The predicted octanol–water partition coefficient (Wildman–Crippen LogP) is 5.56. The maximum Gasteiger partial charge on any atom is 0.471 e. The van der Waals surface area contributed by atoms with Crippen molar-refractivity contribution in [2.45, 2.75) is 31.5 Å². The highest BCUT2D eigenvalue weighted by Gasteiger charge is 2.39. The van der Waals surface area contributed by atoms with Gasteiger partial charge < -0.3 is 19.4 Å². The molecule has 2 unspecified atom stereocenters. The van der Waals surface area contributed by atoms with Crippen LogP contribution in [0.15, 0.2) is 42.9 Å². The van der Waals surface area contributed by atoms with Crippen LogP contribution in [0.1, 0.15) is 25.3 Å². The van der Waals surface area contributed by atoms with Crippen LogP contribution in [0.2, 0.25) is 5.02 Å². The average molecular weight is 520 g/mol. The second-order valence-corrected chi connectivity index (χ2v) is 9.02. The topological polar surface area (TPSA) is 91.2 Å². The molecular formula is C24H21ClF3N5O3. The fourth-order valence-corrected chi connectivity index (χ4v) is 4.76. The van der Waals surface area contributed by atoms with Gasteiger partial charge >= 0.3 is 12.1 Å². The van der Waals surface area contributed by atoms with Crippen LogP contribution in [-0.4, -0.2) is 45.3 Å². The molecule has 36 heavy (non-hydrogen) atoms. The van der Waals surface area contributed by atoms with Gasteiger partial charge in [0.05, 0.1) is 29.6 Å². The number of hydrogen-bond acceptors (Lipinski definition) is 6. The van der Waals surface area contributed by atoms with E-state index in [2.05, 4.69) is 19.5 Å². The average Bonchev–Trinajstić information content (AvgIpc) is 3.49. The van der Waals surface area contributed by atoms with Gasteiger partial charge in [-0.1, -0.05) is 11.6 Å². The Morgan fingerprint density at radius 3 is 2.83 bits per heavy atom. The first kappa shape index (κ1) is 24.1. The van der Waals surface area contributed by atoms with Crippen LogP contribution in [0.3, 0.4) is 0 Å². The molecule has 3 heterocycles. The molecule has 1 aromatic carbocycles. The molecule has 3 aromatic heterocycles. The molecule has 1 saturated carbocycles. The van der Waals surface area contributed by atoms with E-state index >= 15 is 0 Å². The molecule has 188 valence electrons. The molecule has 1 fully saturated rings. The highest BCUT2D eigenvalue weighted by molar-refractivity contribution is 6.34. The lowest BCUT2D eigenvalue weighted by atomic mass is 10.1.